The molecule has 3 heteroatoms. The lowest BCUT2D eigenvalue weighted by atomic mass is 10.1. The topological polar surface area (TPSA) is 41.5 Å². The van der Waals surface area contributed by atoms with Crippen LogP contribution >= 0.6 is 0 Å². The predicted molar refractivity (Wildman–Crippen MR) is 68.8 cm³/mol. The molecule has 1 aliphatic carbocycles. The number of hydrogen-bond donors (Lipinski definition) is 1. The summed E-state index contributed by atoms with van der Waals surface area (Å²) in [6.45, 7) is 1.90. The second kappa shape index (κ2) is 5.25. The second-order valence-electron chi connectivity index (χ2n) is 3.86. The molecule has 0 aromatic heterocycles. The molecule has 0 heterocycles. The zero-order valence-corrected chi connectivity index (χ0v) is 9.63. The Morgan fingerprint density at radius 1 is 1.18 bits per heavy atom. The average Bonchev–Trinajstić information content (AvgIpc) is 2.90. The van der Waals surface area contributed by atoms with Crippen LogP contribution in [-0.2, 0) is 0 Å². The highest BCUT2D eigenvalue weighted by Gasteiger charge is 2.08. The minimum absolute atomic E-state index is 0.184. The molecule has 17 heavy (non-hydrogen) atoms. The number of benzene rings is 1. The first-order chi connectivity index (χ1) is 8.27. The molecule has 0 spiro atoms. The lowest BCUT2D eigenvalue weighted by Gasteiger charge is -2.05. The van der Waals surface area contributed by atoms with Gasteiger partial charge in [-0.3, -0.25) is 4.79 Å². The average molecular weight is 226 g/mol. The number of carbonyl (C=O) groups is 1. The molecule has 86 valence electrons. The summed E-state index contributed by atoms with van der Waals surface area (Å²) in [6, 6.07) is 9.05. The first-order valence-electron chi connectivity index (χ1n) is 5.52. The summed E-state index contributed by atoms with van der Waals surface area (Å²) in [5.41, 5.74) is 4.04. The van der Waals surface area contributed by atoms with Gasteiger partial charge in [0.2, 0.25) is 0 Å². The fraction of sp³-hybridized carbons (Fsp3) is 0.143. The largest absolute Gasteiger partial charge is 0.271 e. The minimum atomic E-state index is -0.184. The van der Waals surface area contributed by atoms with Crippen molar-refractivity contribution in [2.24, 2.45) is 11.0 Å². The van der Waals surface area contributed by atoms with Gasteiger partial charge in [0.25, 0.3) is 5.91 Å². The van der Waals surface area contributed by atoms with Gasteiger partial charge in [-0.05, 0) is 19.1 Å². The molecule has 2 rings (SSSR count). The third-order valence-corrected chi connectivity index (χ3v) is 2.60. The van der Waals surface area contributed by atoms with Crippen LogP contribution in [0.1, 0.15) is 17.3 Å². The van der Waals surface area contributed by atoms with Gasteiger partial charge in [0.05, 0.1) is 0 Å². The number of rotatable bonds is 3. The maximum Gasteiger partial charge on any atom is 0.271 e. The highest BCUT2D eigenvalue weighted by molar-refractivity contribution is 5.96. The zero-order chi connectivity index (χ0) is 12.1. The van der Waals surface area contributed by atoms with Crippen molar-refractivity contribution in [2.75, 3.05) is 0 Å². The quantitative estimate of drug-likeness (QED) is 0.624. The highest BCUT2D eigenvalue weighted by atomic mass is 16.2. The minimum Gasteiger partial charge on any atom is -0.267 e. The van der Waals surface area contributed by atoms with E-state index in [0.717, 1.165) is 5.71 Å². The fourth-order valence-corrected chi connectivity index (χ4v) is 1.58. The summed E-state index contributed by atoms with van der Waals surface area (Å²) in [5.74, 6) is 0.0157. The van der Waals surface area contributed by atoms with Gasteiger partial charge >= 0.3 is 0 Å². The molecule has 3 nitrogen and oxygen atoms in total. The van der Waals surface area contributed by atoms with E-state index in [9.17, 15) is 4.79 Å². The summed E-state index contributed by atoms with van der Waals surface area (Å²) < 4.78 is 0. The van der Waals surface area contributed by atoms with Gasteiger partial charge in [-0.15, -0.1) is 0 Å². The summed E-state index contributed by atoms with van der Waals surface area (Å²) in [5, 5.41) is 4.10. The Morgan fingerprint density at radius 3 is 2.47 bits per heavy atom. The van der Waals surface area contributed by atoms with E-state index < -0.39 is 0 Å². The number of nitrogens with one attached hydrogen (secondary N) is 1. The maximum absolute atomic E-state index is 11.7. The molecule has 0 bridgehead atoms. The number of amides is 1. The molecule has 1 aromatic rings. The van der Waals surface area contributed by atoms with E-state index in [1.165, 1.54) is 0 Å². The molecule has 0 radical (unpaired) electrons. The molecule has 0 saturated heterocycles. The Balaban J connectivity index is 1.98. The summed E-state index contributed by atoms with van der Waals surface area (Å²) in [7, 11) is 0. The van der Waals surface area contributed by atoms with Crippen LogP contribution in [0.15, 0.2) is 59.7 Å². The van der Waals surface area contributed by atoms with Crippen molar-refractivity contribution in [2.45, 2.75) is 6.92 Å². The third kappa shape index (κ3) is 2.91. The molecule has 0 aliphatic heterocycles. The monoisotopic (exact) mass is 226 g/mol. The molecule has 1 aliphatic rings. The lowest BCUT2D eigenvalue weighted by molar-refractivity contribution is 0.0954. The lowest BCUT2D eigenvalue weighted by Crippen LogP contribution is -2.20. The van der Waals surface area contributed by atoms with Crippen LogP contribution in [0, 0.1) is 5.92 Å². The number of nitrogens with zero attached hydrogens (tertiary/aromatic N) is 1. The van der Waals surface area contributed by atoms with E-state index in [1.807, 2.05) is 49.4 Å². The number of carbonyl (C=O) groups excluding carboxylic acids is 1. The highest BCUT2D eigenvalue weighted by Crippen LogP contribution is 2.10. The molecular formula is C14H14N2O. The van der Waals surface area contributed by atoms with E-state index in [-0.39, 0.29) is 11.8 Å². The zero-order valence-electron chi connectivity index (χ0n) is 9.63. The fourth-order valence-electron chi connectivity index (χ4n) is 1.58. The Kier molecular flexibility index (Phi) is 3.50. The van der Waals surface area contributed by atoms with E-state index in [2.05, 4.69) is 10.5 Å². The van der Waals surface area contributed by atoms with Gasteiger partial charge in [0.1, 0.15) is 0 Å². The molecule has 1 amide bonds. The Morgan fingerprint density at radius 2 is 1.82 bits per heavy atom. The van der Waals surface area contributed by atoms with Crippen LogP contribution in [0.5, 0.6) is 0 Å². The van der Waals surface area contributed by atoms with Crippen LogP contribution in [0.4, 0.5) is 0 Å². The summed E-state index contributed by atoms with van der Waals surface area (Å²) >= 11 is 0. The Hall–Kier alpha value is -2.16. The standard InChI is InChI=1S/C14H14N2O/c1-11(12-7-5-6-8-12)15-16-14(17)13-9-3-2-4-10-13/h2-10,12H,1H3,(H,16,17). The van der Waals surface area contributed by atoms with E-state index in [1.54, 1.807) is 12.1 Å². The van der Waals surface area contributed by atoms with Gasteiger partial charge in [0, 0.05) is 17.2 Å². The van der Waals surface area contributed by atoms with Gasteiger partial charge in [0.15, 0.2) is 0 Å². The van der Waals surface area contributed by atoms with Crippen molar-refractivity contribution in [1.29, 1.82) is 0 Å². The smallest absolute Gasteiger partial charge is 0.267 e. The van der Waals surface area contributed by atoms with Crippen molar-refractivity contribution in [3.63, 3.8) is 0 Å². The van der Waals surface area contributed by atoms with Crippen molar-refractivity contribution in [1.82, 2.24) is 5.43 Å². The number of hydrazone groups is 1. The molecule has 1 N–H and O–H groups in total. The van der Waals surface area contributed by atoms with Crippen molar-refractivity contribution in [3.8, 4) is 0 Å². The van der Waals surface area contributed by atoms with Gasteiger partial charge in [-0.2, -0.15) is 5.10 Å². The molecule has 0 atom stereocenters. The third-order valence-electron chi connectivity index (χ3n) is 2.60. The van der Waals surface area contributed by atoms with Crippen molar-refractivity contribution in [3.05, 3.63) is 60.2 Å². The van der Waals surface area contributed by atoms with Gasteiger partial charge < -0.3 is 0 Å². The molecular weight excluding hydrogens is 212 g/mol. The Labute approximate surface area is 101 Å². The maximum atomic E-state index is 11.7. The predicted octanol–water partition coefficient (Wildman–Crippen LogP) is 2.53. The van der Waals surface area contributed by atoms with Crippen LogP contribution in [-0.4, -0.2) is 11.6 Å². The van der Waals surface area contributed by atoms with Crippen molar-refractivity contribution < 1.29 is 4.79 Å². The normalized spacial score (nSPS) is 15.2. The molecule has 0 unspecified atom stereocenters. The Bertz CT molecular complexity index is 474. The van der Waals surface area contributed by atoms with Crippen LogP contribution in [0.25, 0.3) is 0 Å². The SMILES string of the molecule is CC(=NNC(=O)c1ccccc1)C1C=CC=C1. The van der Waals surface area contributed by atoms with Gasteiger partial charge in [-0.1, -0.05) is 42.5 Å². The van der Waals surface area contributed by atoms with Crippen LogP contribution in [0.2, 0.25) is 0 Å². The molecule has 1 aromatic carbocycles. The first kappa shape index (κ1) is 11.3. The molecule has 0 fully saturated rings. The van der Waals surface area contributed by atoms with E-state index in [4.69, 9.17) is 0 Å². The van der Waals surface area contributed by atoms with Crippen LogP contribution < -0.4 is 5.43 Å². The van der Waals surface area contributed by atoms with Crippen LogP contribution in [0.3, 0.4) is 0 Å². The van der Waals surface area contributed by atoms with E-state index >= 15 is 0 Å². The number of allylic oxidation sites excluding steroid dienone is 4. The summed E-state index contributed by atoms with van der Waals surface area (Å²) in [4.78, 5) is 11.7. The second-order valence-corrected chi connectivity index (χ2v) is 3.86. The number of hydrogen-bond acceptors (Lipinski definition) is 2. The van der Waals surface area contributed by atoms with Gasteiger partial charge in [-0.25, -0.2) is 5.43 Å². The summed E-state index contributed by atoms with van der Waals surface area (Å²) in [6.07, 6.45) is 8.02. The first-order valence-corrected chi connectivity index (χ1v) is 5.52. The van der Waals surface area contributed by atoms with Crippen molar-refractivity contribution >= 4 is 11.6 Å². The van der Waals surface area contributed by atoms with E-state index in [0.29, 0.717) is 5.56 Å². The molecule has 0 saturated carbocycles.